The van der Waals surface area contributed by atoms with Gasteiger partial charge in [-0.15, -0.1) is 0 Å². The number of benzene rings is 2. The molecule has 2 N–H and O–H groups in total. The molecule has 2 aromatic rings. The van der Waals surface area contributed by atoms with E-state index in [2.05, 4.69) is 45.1 Å². The summed E-state index contributed by atoms with van der Waals surface area (Å²) in [7, 11) is 1.43. The first-order chi connectivity index (χ1) is 14.3. The zero-order valence-electron chi connectivity index (χ0n) is 18.1. The molecule has 1 aliphatic carbocycles. The molecular weight excluding hydrogens is 376 g/mol. The van der Waals surface area contributed by atoms with Crippen LogP contribution < -0.4 is 4.74 Å². The van der Waals surface area contributed by atoms with E-state index in [0.29, 0.717) is 6.42 Å². The van der Waals surface area contributed by atoms with Crippen molar-refractivity contribution in [3.63, 3.8) is 0 Å². The van der Waals surface area contributed by atoms with Gasteiger partial charge in [-0.05, 0) is 45.1 Å². The van der Waals surface area contributed by atoms with E-state index in [9.17, 15) is 15.0 Å². The third kappa shape index (κ3) is 4.59. The lowest BCUT2D eigenvalue weighted by atomic mass is 9.68. The van der Waals surface area contributed by atoms with Crippen LogP contribution in [0.4, 0.5) is 0 Å². The van der Waals surface area contributed by atoms with Crippen LogP contribution in [0.2, 0.25) is 0 Å². The van der Waals surface area contributed by atoms with Crippen molar-refractivity contribution in [2.45, 2.75) is 39.5 Å². The number of ketones is 1. The van der Waals surface area contributed by atoms with E-state index in [1.54, 1.807) is 0 Å². The molecule has 1 aliphatic rings. The lowest BCUT2D eigenvalue weighted by Gasteiger charge is -2.34. The first-order valence-electron chi connectivity index (χ1n) is 10.3. The topological polar surface area (TPSA) is 66.8 Å². The standard InChI is InChI=1S/C26H30O4/c1-16(2)10-11-21-17(3)12-19(18-8-6-5-7-9-18)13-22(21)26(29)25-23(28)14-20(27)15-24(25)30-4/h5-10,12,14-15,19,21-22,27-28H,11,13H2,1-4H3. The fourth-order valence-electron chi connectivity index (χ4n) is 4.38. The molecule has 158 valence electrons. The number of Topliss-reactive ketones (excluding diaryl/α,β-unsaturated/α-hetero) is 1. The summed E-state index contributed by atoms with van der Waals surface area (Å²) in [6.45, 7) is 6.20. The van der Waals surface area contributed by atoms with Gasteiger partial charge in [0.1, 0.15) is 22.8 Å². The van der Waals surface area contributed by atoms with Gasteiger partial charge in [-0.25, -0.2) is 0 Å². The highest BCUT2D eigenvalue weighted by atomic mass is 16.5. The molecule has 4 nitrogen and oxygen atoms in total. The van der Waals surface area contributed by atoms with Crippen LogP contribution in [0.5, 0.6) is 17.2 Å². The summed E-state index contributed by atoms with van der Waals surface area (Å²) in [6.07, 6.45) is 5.87. The number of aromatic hydroxyl groups is 2. The molecule has 0 amide bonds. The maximum atomic E-state index is 13.7. The quantitative estimate of drug-likeness (QED) is 0.455. The molecule has 2 aromatic carbocycles. The monoisotopic (exact) mass is 406 g/mol. The van der Waals surface area contributed by atoms with Crippen LogP contribution in [-0.2, 0) is 0 Å². The highest BCUT2D eigenvalue weighted by Gasteiger charge is 2.37. The Morgan fingerprint density at radius 1 is 1.17 bits per heavy atom. The number of carbonyl (C=O) groups is 1. The minimum absolute atomic E-state index is 0.0465. The predicted molar refractivity (Wildman–Crippen MR) is 119 cm³/mol. The first kappa shape index (κ1) is 21.7. The zero-order valence-corrected chi connectivity index (χ0v) is 18.1. The van der Waals surface area contributed by atoms with E-state index in [1.165, 1.54) is 36.0 Å². The summed E-state index contributed by atoms with van der Waals surface area (Å²) >= 11 is 0. The van der Waals surface area contributed by atoms with Gasteiger partial charge in [-0.1, -0.05) is 53.6 Å². The average molecular weight is 407 g/mol. The molecule has 0 aromatic heterocycles. The first-order valence-corrected chi connectivity index (χ1v) is 10.3. The number of carbonyl (C=O) groups excluding carboxylic acids is 1. The van der Waals surface area contributed by atoms with Crippen molar-refractivity contribution < 1.29 is 19.7 Å². The fourth-order valence-corrected chi connectivity index (χ4v) is 4.38. The second-order valence-corrected chi connectivity index (χ2v) is 8.30. The number of hydrogen-bond acceptors (Lipinski definition) is 4. The average Bonchev–Trinajstić information content (AvgIpc) is 2.71. The van der Waals surface area contributed by atoms with E-state index in [1.807, 2.05) is 18.2 Å². The van der Waals surface area contributed by atoms with Gasteiger partial charge in [-0.2, -0.15) is 0 Å². The Bertz CT molecular complexity index is 968. The van der Waals surface area contributed by atoms with Crippen LogP contribution in [0.3, 0.4) is 0 Å². The third-order valence-electron chi connectivity index (χ3n) is 5.92. The SMILES string of the molecule is COc1cc(O)cc(O)c1C(=O)C1CC(c2ccccc2)C=C(C)C1CC=C(C)C. The van der Waals surface area contributed by atoms with E-state index in [-0.39, 0.29) is 46.3 Å². The second kappa shape index (κ2) is 9.21. The molecule has 0 heterocycles. The lowest BCUT2D eigenvalue weighted by molar-refractivity contribution is 0.0860. The number of ether oxygens (including phenoxy) is 1. The summed E-state index contributed by atoms with van der Waals surface area (Å²) in [6, 6.07) is 12.8. The molecule has 0 radical (unpaired) electrons. The number of phenolic OH excluding ortho intramolecular Hbond substituents is 2. The summed E-state index contributed by atoms with van der Waals surface area (Å²) in [5.74, 6) is -0.462. The van der Waals surface area contributed by atoms with Crippen LogP contribution in [0, 0.1) is 11.8 Å². The lowest BCUT2D eigenvalue weighted by Crippen LogP contribution is -2.30. The number of allylic oxidation sites excluding steroid dienone is 4. The Morgan fingerprint density at radius 2 is 1.87 bits per heavy atom. The molecule has 3 rings (SSSR count). The highest BCUT2D eigenvalue weighted by Crippen LogP contribution is 2.44. The van der Waals surface area contributed by atoms with Gasteiger partial charge in [0, 0.05) is 24.0 Å². The van der Waals surface area contributed by atoms with Gasteiger partial charge in [-0.3, -0.25) is 4.79 Å². The van der Waals surface area contributed by atoms with E-state index < -0.39 is 0 Å². The van der Waals surface area contributed by atoms with Gasteiger partial charge in [0.2, 0.25) is 0 Å². The third-order valence-corrected chi connectivity index (χ3v) is 5.92. The second-order valence-electron chi connectivity index (χ2n) is 8.30. The molecule has 0 saturated carbocycles. The number of methoxy groups -OCH3 is 1. The van der Waals surface area contributed by atoms with Gasteiger partial charge in [0.05, 0.1) is 7.11 Å². The largest absolute Gasteiger partial charge is 0.508 e. The van der Waals surface area contributed by atoms with Gasteiger partial charge >= 0.3 is 0 Å². The van der Waals surface area contributed by atoms with Crippen molar-refractivity contribution in [1.29, 1.82) is 0 Å². The molecule has 3 unspecified atom stereocenters. The molecule has 0 bridgehead atoms. The smallest absolute Gasteiger partial charge is 0.174 e. The maximum absolute atomic E-state index is 13.7. The maximum Gasteiger partial charge on any atom is 0.174 e. The Hall–Kier alpha value is -3.01. The Labute approximate surface area is 178 Å². The van der Waals surface area contributed by atoms with Gasteiger partial charge in [0.25, 0.3) is 0 Å². The molecule has 3 atom stereocenters. The number of phenols is 2. The molecule has 0 spiro atoms. The molecule has 4 heteroatoms. The van der Waals surface area contributed by atoms with E-state index in [4.69, 9.17) is 4.74 Å². The van der Waals surface area contributed by atoms with Crippen LogP contribution in [0.1, 0.15) is 55.5 Å². The van der Waals surface area contributed by atoms with Crippen LogP contribution >= 0.6 is 0 Å². The van der Waals surface area contributed by atoms with Crippen LogP contribution in [0.15, 0.2) is 65.8 Å². The van der Waals surface area contributed by atoms with E-state index in [0.717, 1.165) is 6.42 Å². The minimum atomic E-state index is -0.305. The minimum Gasteiger partial charge on any atom is -0.508 e. The van der Waals surface area contributed by atoms with Crippen molar-refractivity contribution in [2.24, 2.45) is 11.8 Å². The summed E-state index contributed by atoms with van der Waals surface area (Å²) < 4.78 is 5.32. The van der Waals surface area contributed by atoms with Crippen LogP contribution in [0.25, 0.3) is 0 Å². The highest BCUT2D eigenvalue weighted by molar-refractivity contribution is 6.03. The van der Waals surface area contributed by atoms with Crippen molar-refractivity contribution in [2.75, 3.05) is 7.11 Å². The predicted octanol–water partition coefficient (Wildman–Crippen LogP) is 6.01. The van der Waals surface area contributed by atoms with Crippen molar-refractivity contribution >= 4 is 5.78 Å². The Kier molecular flexibility index (Phi) is 6.66. The normalized spacial score (nSPS) is 20.9. The number of rotatable bonds is 6. The molecule has 0 fully saturated rings. The van der Waals surface area contributed by atoms with Crippen LogP contribution in [-0.4, -0.2) is 23.1 Å². The zero-order chi connectivity index (χ0) is 21.8. The summed E-state index contributed by atoms with van der Waals surface area (Å²) in [5, 5.41) is 20.3. The van der Waals surface area contributed by atoms with Crippen molar-refractivity contribution in [1.82, 2.24) is 0 Å². The van der Waals surface area contributed by atoms with E-state index >= 15 is 0 Å². The molecule has 30 heavy (non-hydrogen) atoms. The van der Waals surface area contributed by atoms with Gasteiger partial charge < -0.3 is 14.9 Å². The van der Waals surface area contributed by atoms with Crippen molar-refractivity contribution in [3.05, 3.63) is 76.9 Å². The van der Waals surface area contributed by atoms with Crippen molar-refractivity contribution in [3.8, 4) is 17.2 Å². The fraction of sp³-hybridized carbons (Fsp3) is 0.346. The van der Waals surface area contributed by atoms with Gasteiger partial charge in [0.15, 0.2) is 5.78 Å². The molecule has 0 aliphatic heterocycles. The number of hydrogen-bond donors (Lipinski definition) is 2. The Balaban J connectivity index is 2.05. The molecule has 0 saturated heterocycles. The molecular formula is C26H30O4. The Morgan fingerprint density at radius 3 is 2.50 bits per heavy atom. The summed E-state index contributed by atoms with van der Waals surface area (Å²) in [5.41, 5.74) is 3.72. The summed E-state index contributed by atoms with van der Waals surface area (Å²) in [4.78, 5) is 13.7.